The summed E-state index contributed by atoms with van der Waals surface area (Å²) in [6.45, 7) is 5.70. The van der Waals surface area contributed by atoms with Gasteiger partial charge >= 0.3 is 0 Å². The zero-order chi connectivity index (χ0) is 8.85. The van der Waals surface area contributed by atoms with Gasteiger partial charge in [-0.3, -0.25) is 9.79 Å². The van der Waals surface area contributed by atoms with Crippen LogP contribution in [0, 0.1) is 0 Å². The first kappa shape index (κ1) is 9.88. The predicted molar refractivity (Wildman–Crippen MR) is 46.6 cm³/mol. The highest BCUT2D eigenvalue weighted by molar-refractivity contribution is 6.43. The smallest absolute Gasteiger partial charge is 0.177 e. The van der Waals surface area contributed by atoms with Crippen LogP contribution in [0.2, 0.25) is 0 Å². The zero-order valence-electron chi connectivity index (χ0n) is 7.22. The summed E-state index contributed by atoms with van der Waals surface area (Å²) >= 11 is 0. The number of allylic oxidation sites excluding steroid dienone is 2. The fourth-order valence-electron chi connectivity index (χ4n) is 0.645. The molecular formula is C8H14N2O. The van der Waals surface area contributed by atoms with Crippen LogP contribution >= 0.6 is 0 Å². The van der Waals surface area contributed by atoms with E-state index in [0.717, 1.165) is 0 Å². The number of ketones is 1. The second kappa shape index (κ2) is 4.66. The van der Waals surface area contributed by atoms with Gasteiger partial charge in [0, 0.05) is 19.2 Å². The number of carbonyl (C=O) groups is 1. The summed E-state index contributed by atoms with van der Waals surface area (Å²) in [6, 6.07) is 0. The third-order valence-corrected chi connectivity index (χ3v) is 1.05. The van der Waals surface area contributed by atoms with E-state index >= 15 is 0 Å². The maximum Gasteiger partial charge on any atom is 0.177 e. The monoisotopic (exact) mass is 154 g/mol. The van der Waals surface area contributed by atoms with Crippen LogP contribution in [0.1, 0.15) is 20.8 Å². The van der Waals surface area contributed by atoms with Gasteiger partial charge in [-0.1, -0.05) is 0 Å². The van der Waals surface area contributed by atoms with Crippen LogP contribution in [0.25, 0.3) is 0 Å². The Bertz CT molecular complexity index is 200. The highest BCUT2D eigenvalue weighted by atomic mass is 16.1. The molecule has 0 aliphatic heterocycles. The maximum atomic E-state index is 10.8. The fourth-order valence-corrected chi connectivity index (χ4v) is 0.645. The first-order chi connectivity index (χ1) is 5.07. The summed E-state index contributed by atoms with van der Waals surface area (Å²) in [5.74, 6) is -0.0448. The molecular weight excluding hydrogens is 140 g/mol. The highest BCUT2D eigenvalue weighted by Crippen LogP contribution is 1.88. The van der Waals surface area contributed by atoms with E-state index in [4.69, 9.17) is 5.73 Å². The van der Waals surface area contributed by atoms with Crippen LogP contribution in [0.5, 0.6) is 0 Å². The van der Waals surface area contributed by atoms with E-state index < -0.39 is 0 Å². The molecule has 0 rings (SSSR count). The van der Waals surface area contributed by atoms with E-state index in [0.29, 0.717) is 18.0 Å². The van der Waals surface area contributed by atoms with Crippen molar-refractivity contribution in [3.05, 3.63) is 11.8 Å². The number of hydrogen-bond acceptors (Lipinski definition) is 3. The van der Waals surface area contributed by atoms with Crippen molar-refractivity contribution in [1.82, 2.24) is 0 Å². The van der Waals surface area contributed by atoms with Crippen LogP contribution < -0.4 is 5.73 Å². The molecule has 0 aromatic rings. The van der Waals surface area contributed by atoms with Gasteiger partial charge in [-0.05, 0) is 19.9 Å². The Morgan fingerprint density at radius 3 is 2.36 bits per heavy atom. The van der Waals surface area contributed by atoms with Gasteiger partial charge in [0.2, 0.25) is 0 Å². The van der Waals surface area contributed by atoms with E-state index in [1.54, 1.807) is 13.0 Å². The van der Waals surface area contributed by atoms with Crippen LogP contribution in [0.4, 0.5) is 0 Å². The van der Waals surface area contributed by atoms with Crippen molar-refractivity contribution in [3.63, 3.8) is 0 Å². The first-order valence-corrected chi connectivity index (χ1v) is 3.57. The van der Waals surface area contributed by atoms with Crippen LogP contribution in [0.15, 0.2) is 16.8 Å². The molecule has 0 aromatic carbocycles. The number of carbonyl (C=O) groups excluding carboxylic acids is 1. The van der Waals surface area contributed by atoms with E-state index in [9.17, 15) is 4.79 Å². The van der Waals surface area contributed by atoms with Gasteiger partial charge in [-0.2, -0.15) is 0 Å². The number of rotatable bonds is 3. The molecule has 0 saturated heterocycles. The lowest BCUT2D eigenvalue weighted by atomic mass is 10.2. The molecule has 11 heavy (non-hydrogen) atoms. The summed E-state index contributed by atoms with van der Waals surface area (Å²) in [7, 11) is 0. The molecule has 0 amide bonds. The van der Waals surface area contributed by atoms with E-state index in [1.165, 1.54) is 6.92 Å². The third-order valence-electron chi connectivity index (χ3n) is 1.05. The minimum Gasteiger partial charge on any atom is -0.402 e. The maximum absolute atomic E-state index is 10.8. The molecule has 3 heteroatoms. The lowest BCUT2D eigenvalue weighted by Gasteiger charge is -1.95. The minimum atomic E-state index is -0.0448. The van der Waals surface area contributed by atoms with Gasteiger partial charge in [-0.25, -0.2) is 0 Å². The molecule has 0 atom stereocenters. The van der Waals surface area contributed by atoms with Crippen LogP contribution in [-0.2, 0) is 4.79 Å². The van der Waals surface area contributed by atoms with E-state index in [1.807, 2.05) is 6.92 Å². The average Bonchev–Trinajstić information content (AvgIpc) is 1.86. The Balaban J connectivity index is 4.50. The fraction of sp³-hybridized carbons (Fsp3) is 0.500. The topological polar surface area (TPSA) is 55.4 Å². The third kappa shape index (κ3) is 4.31. The largest absolute Gasteiger partial charge is 0.402 e. The molecule has 62 valence electrons. The van der Waals surface area contributed by atoms with E-state index in [-0.39, 0.29) is 5.78 Å². The van der Waals surface area contributed by atoms with Crippen molar-refractivity contribution < 1.29 is 4.79 Å². The van der Waals surface area contributed by atoms with Gasteiger partial charge in [-0.15, -0.1) is 0 Å². The van der Waals surface area contributed by atoms with Crippen molar-refractivity contribution in [2.75, 3.05) is 6.54 Å². The highest BCUT2D eigenvalue weighted by Gasteiger charge is 1.99. The van der Waals surface area contributed by atoms with Gasteiger partial charge in [0.1, 0.15) is 5.71 Å². The summed E-state index contributed by atoms with van der Waals surface area (Å²) in [5.41, 5.74) is 6.44. The molecule has 3 nitrogen and oxygen atoms in total. The van der Waals surface area contributed by atoms with Gasteiger partial charge in [0.05, 0.1) is 0 Å². The van der Waals surface area contributed by atoms with E-state index in [2.05, 4.69) is 4.99 Å². The molecule has 0 unspecified atom stereocenters. The number of nitrogens with zero attached hydrogens (tertiary/aromatic N) is 1. The molecule has 2 N–H and O–H groups in total. The summed E-state index contributed by atoms with van der Waals surface area (Å²) in [6.07, 6.45) is 1.59. The van der Waals surface area contributed by atoms with Crippen molar-refractivity contribution >= 4 is 11.5 Å². The quantitative estimate of drug-likeness (QED) is 0.614. The molecule has 0 aliphatic carbocycles. The summed E-state index contributed by atoms with van der Waals surface area (Å²) < 4.78 is 0. The summed E-state index contributed by atoms with van der Waals surface area (Å²) in [4.78, 5) is 14.8. The van der Waals surface area contributed by atoms with Gasteiger partial charge in [0.15, 0.2) is 5.78 Å². The average molecular weight is 154 g/mol. The number of nitrogens with two attached hydrogens (primary N) is 1. The van der Waals surface area contributed by atoms with Crippen molar-refractivity contribution in [1.29, 1.82) is 0 Å². The Morgan fingerprint density at radius 2 is 2.09 bits per heavy atom. The van der Waals surface area contributed by atoms with Gasteiger partial charge < -0.3 is 5.73 Å². The van der Waals surface area contributed by atoms with Gasteiger partial charge in [0.25, 0.3) is 0 Å². The summed E-state index contributed by atoms with van der Waals surface area (Å²) in [5, 5.41) is 0. The molecule has 0 spiro atoms. The molecule has 0 radical (unpaired) electrons. The zero-order valence-corrected chi connectivity index (χ0v) is 7.22. The van der Waals surface area contributed by atoms with Crippen LogP contribution in [-0.4, -0.2) is 18.0 Å². The minimum absolute atomic E-state index is 0.0448. The normalized spacial score (nSPS) is 13.4. The lowest BCUT2D eigenvalue weighted by molar-refractivity contribution is -0.111. The number of Topliss-reactive ketones (excluding diaryl/α,β-unsaturated/α-hetero) is 1. The predicted octanol–water partition coefficient (Wildman–Crippen LogP) is 0.899. The Labute approximate surface area is 67.0 Å². The lowest BCUT2D eigenvalue weighted by Crippen LogP contribution is -2.09. The second-order valence-corrected chi connectivity index (χ2v) is 2.30. The molecule has 0 aliphatic rings. The molecule has 0 bridgehead atoms. The Kier molecular flexibility index (Phi) is 4.18. The second-order valence-electron chi connectivity index (χ2n) is 2.30. The molecule has 0 saturated carbocycles. The molecule has 0 heterocycles. The van der Waals surface area contributed by atoms with Crippen molar-refractivity contribution in [2.24, 2.45) is 10.7 Å². The number of hydrogen-bond donors (Lipinski definition) is 1. The standard InChI is InChI=1S/C8H14N2O/c1-4-10-8(7(3)11)5-6(2)9/h5H,4,9H2,1-3H3/b6-5-,10-8?. The van der Waals surface area contributed by atoms with Crippen molar-refractivity contribution in [2.45, 2.75) is 20.8 Å². The first-order valence-electron chi connectivity index (χ1n) is 3.57. The van der Waals surface area contributed by atoms with Crippen LogP contribution in [0.3, 0.4) is 0 Å². The Hall–Kier alpha value is -1.12. The van der Waals surface area contributed by atoms with Crippen molar-refractivity contribution in [3.8, 4) is 0 Å². The number of aliphatic imine (C=N–C) groups is 1. The molecule has 0 fully saturated rings. The Morgan fingerprint density at radius 1 is 1.55 bits per heavy atom. The molecule has 0 aromatic heterocycles. The SMILES string of the molecule is CCN=C(/C=C(/C)N)C(C)=O.